The van der Waals surface area contributed by atoms with Gasteiger partial charge >= 0.3 is 0 Å². The van der Waals surface area contributed by atoms with Crippen molar-refractivity contribution >= 4 is 11.7 Å². The minimum atomic E-state index is -0.968. The first-order valence-corrected chi connectivity index (χ1v) is 2.65. The summed E-state index contributed by atoms with van der Waals surface area (Å²) in [5.41, 5.74) is 4.80. The van der Waals surface area contributed by atoms with E-state index in [1.807, 2.05) is 0 Å². The van der Waals surface area contributed by atoms with Crippen molar-refractivity contribution in [3.05, 3.63) is 0 Å². The molecule has 0 aromatic heterocycles. The second kappa shape index (κ2) is 2.14. The van der Waals surface area contributed by atoms with Gasteiger partial charge in [0, 0.05) is 6.42 Å². The molecule has 0 aromatic rings. The third-order valence-corrected chi connectivity index (χ3v) is 1.18. The number of Topliss-reactive ketones (excluding diaryl/α,β-unsaturated/α-hetero) is 1. The van der Waals surface area contributed by atoms with Crippen LogP contribution in [0.15, 0.2) is 0 Å². The van der Waals surface area contributed by atoms with Gasteiger partial charge in [-0.05, 0) is 0 Å². The Morgan fingerprint density at radius 1 is 1.78 bits per heavy atom. The summed E-state index contributed by atoms with van der Waals surface area (Å²) in [5, 5.41) is 0. The molecule has 0 saturated carbocycles. The predicted octanol–water partition coefficient (Wildman–Crippen LogP) is -1.17. The molecular weight excluding hydrogens is 122 g/mol. The van der Waals surface area contributed by atoms with Crippen LogP contribution in [0.3, 0.4) is 0 Å². The number of amides is 1. The summed E-state index contributed by atoms with van der Waals surface area (Å²) < 4.78 is 4.70. The highest BCUT2D eigenvalue weighted by molar-refractivity contribution is 6.04. The molecule has 1 rings (SSSR count). The average Bonchev–Trinajstić information content (AvgIpc) is 2.13. The topological polar surface area (TPSA) is 69.4 Å². The van der Waals surface area contributed by atoms with E-state index in [9.17, 15) is 9.59 Å². The fourth-order valence-electron chi connectivity index (χ4n) is 0.742. The Bertz CT molecular complexity index is 154. The van der Waals surface area contributed by atoms with E-state index in [2.05, 4.69) is 0 Å². The van der Waals surface area contributed by atoms with Crippen LogP contribution in [0.4, 0.5) is 0 Å². The number of hydrogen-bond acceptors (Lipinski definition) is 3. The molecule has 0 aliphatic carbocycles. The summed E-state index contributed by atoms with van der Waals surface area (Å²) in [7, 11) is 0. The third kappa shape index (κ3) is 1.08. The summed E-state index contributed by atoms with van der Waals surface area (Å²) in [6.45, 7) is 0.326. The third-order valence-electron chi connectivity index (χ3n) is 1.18. The number of nitrogens with two attached hydrogens (primary N) is 1. The number of ketones is 1. The molecule has 2 N–H and O–H groups in total. The summed E-state index contributed by atoms with van der Waals surface area (Å²) in [6, 6.07) is 0. The number of primary amides is 1. The normalized spacial score (nSPS) is 26.7. The van der Waals surface area contributed by atoms with Gasteiger partial charge < -0.3 is 10.5 Å². The van der Waals surface area contributed by atoms with Crippen molar-refractivity contribution in [1.29, 1.82) is 0 Å². The lowest BCUT2D eigenvalue weighted by molar-refractivity contribution is -0.134. The lowest BCUT2D eigenvalue weighted by atomic mass is 10.2. The maximum Gasteiger partial charge on any atom is 0.254 e. The van der Waals surface area contributed by atoms with E-state index >= 15 is 0 Å². The molecule has 4 heteroatoms. The SMILES string of the molecule is NC(=O)C1OCCC1=O. The molecule has 9 heavy (non-hydrogen) atoms. The molecule has 50 valence electrons. The van der Waals surface area contributed by atoms with Gasteiger partial charge in [-0.15, -0.1) is 0 Å². The van der Waals surface area contributed by atoms with E-state index in [1.54, 1.807) is 0 Å². The Kier molecular flexibility index (Phi) is 1.48. The smallest absolute Gasteiger partial charge is 0.254 e. The van der Waals surface area contributed by atoms with E-state index in [-0.39, 0.29) is 5.78 Å². The van der Waals surface area contributed by atoms with Crippen LogP contribution in [0.25, 0.3) is 0 Å². The minimum absolute atomic E-state index is 0.206. The fraction of sp³-hybridized carbons (Fsp3) is 0.600. The molecule has 1 saturated heterocycles. The van der Waals surface area contributed by atoms with Gasteiger partial charge in [0.1, 0.15) is 0 Å². The highest BCUT2D eigenvalue weighted by atomic mass is 16.5. The first-order chi connectivity index (χ1) is 4.22. The molecule has 4 nitrogen and oxygen atoms in total. The van der Waals surface area contributed by atoms with Gasteiger partial charge in [0.15, 0.2) is 11.9 Å². The highest BCUT2D eigenvalue weighted by Gasteiger charge is 2.29. The van der Waals surface area contributed by atoms with Crippen molar-refractivity contribution in [2.24, 2.45) is 5.73 Å². The zero-order chi connectivity index (χ0) is 6.85. The Morgan fingerprint density at radius 2 is 2.44 bits per heavy atom. The van der Waals surface area contributed by atoms with Gasteiger partial charge in [-0.2, -0.15) is 0 Å². The molecule has 0 radical (unpaired) electrons. The molecule has 1 aliphatic heterocycles. The molecule has 0 aromatic carbocycles. The Hall–Kier alpha value is -0.900. The van der Waals surface area contributed by atoms with Crippen molar-refractivity contribution in [2.45, 2.75) is 12.5 Å². The number of ether oxygens (including phenoxy) is 1. The van der Waals surface area contributed by atoms with E-state index < -0.39 is 12.0 Å². The molecule has 1 heterocycles. The van der Waals surface area contributed by atoms with Crippen LogP contribution in [0.1, 0.15) is 6.42 Å². The van der Waals surface area contributed by atoms with Crippen LogP contribution < -0.4 is 5.73 Å². The number of rotatable bonds is 1. The molecule has 1 unspecified atom stereocenters. The van der Waals surface area contributed by atoms with Crippen molar-refractivity contribution in [1.82, 2.24) is 0 Å². The minimum Gasteiger partial charge on any atom is -0.367 e. The summed E-state index contributed by atoms with van der Waals surface area (Å²) >= 11 is 0. The summed E-state index contributed by atoms with van der Waals surface area (Å²) in [5.74, 6) is -0.889. The van der Waals surface area contributed by atoms with Crippen LogP contribution in [0, 0.1) is 0 Å². The Balaban J connectivity index is 2.60. The summed E-state index contributed by atoms with van der Waals surface area (Å²) in [4.78, 5) is 20.9. The molecule has 1 atom stereocenters. The second-order valence-corrected chi connectivity index (χ2v) is 1.87. The predicted molar refractivity (Wildman–Crippen MR) is 28.6 cm³/mol. The van der Waals surface area contributed by atoms with E-state index in [0.717, 1.165) is 0 Å². The van der Waals surface area contributed by atoms with Crippen LogP contribution in [0.2, 0.25) is 0 Å². The number of carbonyl (C=O) groups excluding carboxylic acids is 2. The van der Waals surface area contributed by atoms with Crippen molar-refractivity contribution in [3.63, 3.8) is 0 Å². The molecular formula is C5H7NO3. The standard InChI is InChI=1S/C5H7NO3/c6-5(8)4-3(7)1-2-9-4/h4H,1-2H2,(H2,6,8). The van der Waals surface area contributed by atoms with Gasteiger partial charge in [0.05, 0.1) is 6.61 Å². The zero-order valence-corrected chi connectivity index (χ0v) is 4.79. The van der Waals surface area contributed by atoms with Gasteiger partial charge in [-0.25, -0.2) is 0 Å². The van der Waals surface area contributed by atoms with Crippen molar-refractivity contribution in [2.75, 3.05) is 6.61 Å². The second-order valence-electron chi connectivity index (χ2n) is 1.87. The molecule has 1 amide bonds. The van der Waals surface area contributed by atoms with Gasteiger partial charge in [-0.1, -0.05) is 0 Å². The van der Waals surface area contributed by atoms with E-state index in [0.29, 0.717) is 13.0 Å². The quantitative estimate of drug-likeness (QED) is 0.453. The molecule has 1 fully saturated rings. The Labute approximate surface area is 52.0 Å². The molecule has 1 aliphatic rings. The maximum absolute atomic E-state index is 10.6. The van der Waals surface area contributed by atoms with Crippen molar-refractivity contribution < 1.29 is 14.3 Å². The maximum atomic E-state index is 10.6. The van der Waals surface area contributed by atoms with Gasteiger partial charge in [0.2, 0.25) is 0 Å². The largest absolute Gasteiger partial charge is 0.367 e. The lowest BCUT2D eigenvalue weighted by Crippen LogP contribution is -2.33. The zero-order valence-electron chi connectivity index (χ0n) is 4.79. The van der Waals surface area contributed by atoms with Crippen LogP contribution in [-0.4, -0.2) is 24.4 Å². The number of hydrogen-bond donors (Lipinski definition) is 1. The fourth-order valence-corrected chi connectivity index (χ4v) is 0.742. The highest BCUT2D eigenvalue weighted by Crippen LogP contribution is 2.06. The van der Waals surface area contributed by atoms with E-state index in [4.69, 9.17) is 10.5 Å². The number of carbonyl (C=O) groups is 2. The first-order valence-electron chi connectivity index (χ1n) is 2.65. The van der Waals surface area contributed by atoms with Crippen LogP contribution in [-0.2, 0) is 14.3 Å². The van der Waals surface area contributed by atoms with Gasteiger partial charge in [0.25, 0.3) is 5.91 Å². The lowest BCUT2D eigenvalue weighted by Gasteiger charge is -1.99. The first kappa shape index (κ1) is 6.22. The average molecular weight is 129 g/mol. The van der Waals surface area contributed by atoms with Crippen molar-refractivity contribution in [3.8, 4) is 0 Å². The van der Waals surface area contributed by atoms with Crippen LogP contribution in [0.5, 0.6) is 0 Å². The monoisotopic (exact) mass is 129 g/mol. The molecule has 0 spiro atoms. The van der Waals surface area contributed by atoms with E-state index in [1.165, 1.54) is 0 Å². The van der Waals surface area contributed by atoms with Gasteiger partial charge in [-0.3, -0.25) is 9.59 Å². The summed E-state index contributed by atoms with van der Waals surface area (Å²) in [6.07, 6.45) is -0.654. The Morgan fingerprint density at radius 3 is 2.67 bits per heavy atom. The molecule has 0 bridgehead atoms. The van der Waals surface area contributed by atoms with Crippen LogP contribution >= 0.6 is 0 Å².